The summed E-state index contributed by atoms with van der Waals surface area (Å²) in [6, 6.07) is 6.14. The van der Waals surface area contributed by atoms with Crippen molar-refractivity contribution in [3.63, 3.8) is 0 Å². The molecular weight excluding hydrogens is 337 g/mol. The van der Waals surface area contributed by atoms with Crippen LogP contribution in [-0.2, 0) is 0 Å². The maximum Gasteiger partial charge on any atom is 0.573 e. The summed E-state index contributed by atoms with van der Waals surface area (Å²) in [6.45, 7) is 2.26. The smallest absolute Gasteiger partial charge is 0.406 e. The van der Waals surface area contributed by atoms with Gasteiger partial charge >= 0.3 is 6.36 Å². The van der Waals surface area contributed by atoms with Crippen molar-refractivity contribution in [2.75, 3.05) is 0 Å². The summed E-state index contributed by atoms with van der Waals surface area (Å²) in [6.07, 6.45) is 6.18. The Morgan fingerprint density at radius 3 is 2.15 bits per heavy atom. The van der Waals surface area contributed by atoms with Crippen LogP contribution in [0.4, 0.5) is 13.2 Å². The third-order valence-corrected chi connectivity index (χ3v) is 6.37. The fourth-order valence-electron chi connectivity index (χ4n) is 4.97. The monoisotopic (exact) mass is 369 g/mol. The van der Waals surface area contributed by atoms with Gasteiger partial charge in [0.15, 0.2) is 0 Å². The van der Waals surface area contributed by atoms with Crippen LogP contribution in [0.25, 0.3) is 0 Å². The van der Waals surface area contributed by atoms with Crippen molar-refractivity contribution in [1.82, 2.24) is 0 Å². The SMILES string of the molecule is [2H]C1CC(C2CCC(CCC)CC2)CCC1c1ccc(OC(F)(F)F)cc1. The van der Waals surface area contributed by atoms with E-state index in [2.05, 4.69) is 11.7 Å². The maximum absolute atomic E-state index is 12.3. The van der Waals surface area contributed by atoms with Gasteiger partial charge in [-0.15, -0.1) is 13.2 Å². The molecule has 1 aromatic rings. The Kier molecular flexibility index (Phi) is 6.06. The average molecular weight is 369 g/mol. The van der Waals surface area contributed by atoms with Crippen molar-refractivity contribution >= 4 is 0 Å². The van der Waals surface area contributed by atoms with E-state index in [9.17, 15) is 13.2 Å². The quantitative estimate of drug-likeness (QED) is 0.523. The van der Waals surface area contributed by atoms with Gasteiger partial charge in [0.25, 0.3) is 0 Å². The lowest BCUT2D eigenvalue weighted by Gasteiger charge is -2.38. The summed E-state index contributed by atoms with van der Waals surface area (Å²) >= 11 is 0. The summed E-state index contributed by atoms with van der Waals surface area (Å²) in [7, 11) is 0. The topological polar surface area (TPSA) is 9.23 Å². The van der Waals surface area contributed by atoms with Crippen molar-refractivity contribution < 1.29 is 19.3 Å². The molecule has 0 radical (unpaired) electrons. The van der Waals surface area contributed by atoms with E-state index in [1.807, 2.05) is 0 Å². The van der Waals surface area contributed by atoms with Gasteiger partial charge in [0.05, 0.1) is 0 Å². The highest BCUT2D eigenvalue weighted by atomic mass is 19.4. The maximum atomic E-state index is 12.3. The second-order valence-electron chi connectivity index (χ2n) is 8.10. The third-order valence-electron chi connectivity index (χ3n) is 6.37. The summed E-state index contributed by atoms with van der Waals surface area (Å²) < 4.78 is 49.4. The fraction of sp³-hybridized carbons (Fsp3) is 0.727. The van der Waals surface area contributed by atoms with Crippen LogP contribution < -0.4 is 4.74 Å². The average Bonchev–Trinajstić information content (AvgIpc) is 2.62. The Morgan fingerprint density at radius 2 is 1.58 bits per heavy atom. The van der Waals surface area contributed by atoms with Gasteiger partial charge in [-0.3, -0.25) is 0 Å². The minimum absolute atomic E-state index is 0.123. The van der Waals surface area contributed by atoms with Gasteiger partial charge in [0.2, 0.25) is 0 Å². The van der Waals surface area contributed by atoms with E-state index in [4.69, 9.17) is 1.37 Å². The summed E-state index contributed by atoms with van der Waals surface area (Å²) in [5.74, 6) is 2.27. The molecule has 4 heteroatoms. The lowest BCUT2D eigenvalue weighted by molar-refractivity contribution is -0.274. The van der Waals surface area contributed by atoms with Gasteiger partial charge in [0.1, 0.15) is 5.75 Å². The zero-order valence-corrected chi connectivity index (χ0v) is 15.6. The van der Waals surface area contributed by atoms with Crippen LogP contribution in [0.1, 0.15) is 84.0 Å². The molecule has 1 nitrogen and oxygen atoms in total. The third kappa shape index (κ3) is 5.40. The van der Waals surface area contributed by atoms with Crippen LogP contribution in [0, 0.1) is 17.8 Å². The molecule has 1 aromatic carbocycles. The fourth-order valence-corrected chi connectivity index (χ4v) is 4.97. The second-order valence-corrected chi connectivity index (χ2v) is 8.10. The van der Waals surface area contributed by atoms with Gasteiger partial charge in [0, 0.05) is 1.37 Å². The Hall–Kier alpha value is -1.19. The van der Waals surface area contributed by atoms with E-state index in [1.54, 1.807) is 12.1 Å². The molecule has 26 heavy (non-hydrogen) atoms. The van der Waals surface area contributed by atoms with Gasteiger partial charge in [-0.05, 0) is 79.9 Å². The number of hydrogen-bond acceptors (Lipinski definition) is 1. The molecule has 3 unspecified atom stereocenters. The molecule has 2 fully saturated rings. The standard InChI is InChI=1S/C22H31F3O/c1-2-3-16-4-6-17(7-5-16)18-8-10-19(11-9-18)20-12-14-21(15-13-20)26-22(23,24)25/h12-19H,2-11H2,1H3/i10D. The molecule has 2 aliphatic rings. The molecule has 146 valence electrons. The molecule has 2 aliphatic carbocycles. The zero-order chi connectivity index (χ0) is 19.4. The van der Waals surface area contributed by atoms with E-state index in [0.29, 0.717) is 5.92 Å². The van der Waals surface area contributed by atoms with Crippen molar-refractivity contribution in [3.05, 3.63) is 29.8 Å². The predicted octanol–water partition coefficient (Wildman–Crippen LogP) is 7.47. The summed E-state index contributed by atoms with van der Waals surface area (Å²) in [5.41, 5.74) is 0.967. The van der Waals surface area contributed by atoms with E-state index in [1.165, 1.54) is 50.7 Å². The molecular formula is C22H31F3O. The van der Waals surface area contributed by atoms with Crippen LogP contribution in [0.3, 0.4) is 0 Å². The van der Waals surface area contributed by atoms with Crippen molar-refractivity contribution in [3.8, 4) is 5.75 Å². The first kappa shape index (κ1) is 18.2. The predicted molar refractivity (Wildman–Crippen MR) is 98.2 cm³/mol. The molecule has 0 aliphatic heterocycles. The highest BCUT2D eigenvalue weighted by Gasteiger charge is 2.32. The van der Waals surface area contributed by atoms with Crippen molar-refractivity contribution in [1.29, 1.82) is 0 Å². The van der Waals surface area contributed by atoms with Gasteiger partial charge in [-0.1, -0.05) is 44.7 Å². The normalized spacial score (nSPS) is 33.5. The van der Waals surface area contributed by atoms with Crippen molar-refractivity contribution in [2.45, 2.75) is 83.4 Å². The number of alkyl halides is 3. The minimum atomic E-state index is -4.66. The van der Waals surface area contributed by atoms with Crippen LogP contribution in [0.5, 0.6) is 5.75 Å². The van der Waals surface area contributed by atoms with Crippen LogP contribution in [0.15, 0.2) is 24.3 Å². The van der Waals surface area contributed by atoms with E-state index in [-0.39, 0.29) is 18.1 Å². The van der Waals surface area contributed by atoms with Crippen LogP contribution in [-0.4, -0.2) is 6.36 Å². The highest BCUT2D eigenvalue weighted by Crippen LogP contribution is 2.44. The molecule has 0 spiro atoms. The van der Waals surface area contributed by atoms with Crippen molar-refractivity contribution in [2.24, 2.45) is 17.8 Å². The van der Waals surface area contributed by atoms with Gasteiger partial charge < -0.3 is 4.74 Å². The van der Waals surface area contributed by atoms with Gasteiger partial charge in [-0.25, -0.2) is 0 Å². The first-order chi connectivity index (χ1) is 12.9. The number of benzene rings is 1. The molecule has 3 rings (SSSR count). The second kappa shape index (κ2) is 8.67. The Bertz CT molecular complexity index is 578. The molecule has 0 bridgehead atoms. The number of rotatable bonds is 5. The highest BCUT2D eigenvalue weighted by molar-refractivity contribution is 5.29. The summed E-state index contributed by atoms with van der Waals surface area (Å²) in [4.78, 5) is 0. The van der Waals surface area contributed by atoms with Crippen LogP contribution in [0.2, 0.25) is 0 Å². The molecule has 0 aromatic heterocycles. The Balaban J connectivity index is 1.53. The van der Waals surface area contributed by atoms with E-state index in [0.717, 1.165) is 36.7 Å². The van der Waals surface area contributed by atoms with E-state index >= 15 is 0 Å². The number of ether oxygens (including phenoxy) is 1. The van der Waals surface area contributed by atoms with E-state index < -0.39 is 6.36 Å². The Labute approximate surface area is 156 Å². The molecule has 3 atom stereocenters. The minimum Gasteiger partial charge on any atom is -0.406 e. The molecule has 0 amide bonds. The Morgan fingerprint density at radius 1 is 0.962 bits per heavy atom. The molecule has 0 N–H and O–H groups in total. The molecule has 2 saturated carbocycles. The van der Waals surface area contributed by atoms with Gasteiger partial charge in [-0.2, -0.15) is 0 Å². The zero-order valence-electron chi connectivity index (χ0n) is 16.6. The lowest BCUT2D eigenvalue weighted by Crippen LogP contribution is -2.25. The summed E-state index contributed by atoms with van der Waals surface area (Å²) in [5, 5.41) is 0. The van der Waals surface area contributed by atoms with Crippen LogP contribution >= 0.6 is 0 Å². The number of halogens is 3. The number of hydrogen-bond donors (Lipinski definition) is 0. The lowest BCUT2D eigenvalue weighted by atomic mass is 9.68. The largest absolute Gasteiger partial charge is 0.573 e. The first-order valence-electron chi connectivity index (χ1n) is 10.7. The molecule has 0 saturated heterocycles. The molecule has 0 heterocycles. The first-order valence-corrected chi connectivity index (χ1v) is 10.1.